The van der Waals surface area contributed by atoms with E-state index in [2.05, 4.69) is 20.4 Å². The molecule has 2 heterocycles. The second kappa shape index (κ2) is 4.75. The van der Waals surface area contributed by atoms with Gasteiger partial charge in [0.25, 0.3) is 0 Å². The normalized spacial score (nSPS) is 10.4. The first-order valence-electron chi connectivity index (χ1n) is 5.74. The largest absolute Gasteiger partial charge is 0.378 e. The Bertz CT molecular complexity index is 581. The smallest absolute Gasteiger partial charge is 0.125 e. The lowest BCUT2D eigenvalue weighted by Crippen LogP contribution is -2.01. The molecule has 0 saturated heterocycles. The van der Waals surface area contributed by atoms with Gasteiger partial charge in [0.2, 0.25) is 0 Å². The number of hydrogen-bond acceptors (Lipinski definition) is 3. The maximum atomic E-state index is 4.18. The molecular formula is C13H13N5. The predicted molar refractivity (Wildman–Crippen MR) is 69.5 cm³/mol. The van der Waals surface area contributed by atoms with E-state index < -0.39 is 0 Å². The highest BCUT2D eigenvalue weighted by Gasteiger charge is 1.98. The molecular weight excluding hydrogens is 226 g/mol. The van der Waals surface area contributed by atoms with Gasteiger partial charge in [-0.2, -0.15) is 5.10 Å². The Kier molecular flexibility index (Phi) is 2.79. The Morgan fingerprint density at radius 3 is 2.72 bits per heavy atom. The molecule has 0 aliphatic heterocycles. The van der Waals surface area contributed by atoms with Crippen LogP contribution in [0.1, 0.15) is 5.82 Å². The van der Waals surface area contributed by atoms with Crippen molar-refractivity contribution in [2.24, 2.45) is 0 Å². The Morgan fingerprint density at radius 2 is 2.06 bits per heavy atom. The van der Waals surface area contributed by atoms with Crippen LogP contribution in [0.5, 0.6) is 0 Å². The minimum atomic E-state index is 0.689. The molecule has 2 N–H and O–H groups in total. The highest BCUT2D eigenvalue weighted by molar-refractivity contribution is 5.48. The van der Waals surface area contributed by atoms with E-state index >= 15 is 0 Å². The van der Waals surface area contributed by atoms with Crippen molar-refractivity contribution in [1.29, 1.82) is 0 Å². The number of nitrogens with one attached hydrogen (secondary N) is 2. The summed E-state index contributed by atoms with van der Waals surface area (Å²) in [5.41, 5.74) is 2.10. The third-order valence-corrected chi connectivity index (χ3v) is 2.65. The second-order valence-corrected chi connectivity index (χ2v) is 3.89. The lowest BCUT2D eigenvalue weighted by Gasteiger charge is -2.06. The summed E-state index contributed by atoms with van der Waals surface area (Å²) in [4.78, 5) is 7.21. The van der Waals surface area contributed by atoms with E-state index in [9.17, 15) is 0 Å². The molecule has 0 unspecified atom stereocenters. The number of anilines is 1. The van der Waals surface area contributed by atoms with Gasteiger partial charge >= 0.3 is 0 Å². The number of hydrogen-bond donors (Lipinski definition) is 2. The van der Waals surface area contributed by atoms with E-state index in [1.54, 1.807) is 12.4 Å². The summed E-state index contributed by atoms with van der Waals surface area (Å²) in [5, 5.41) is 7.48. The summed E-state index contributed by atoms with van der Waals surface area (Å²) in [7, 11) is 0. The molecule has 0 saturated carbocycles. The minimum Gasteiger partial charge on any atom is -0.378 e. The van der Waals surface area contributed by atoms with E-state index in [0.29, 0.717) is 6.54 Å². The topological polar surface area (TPSA) is 58.5 Å². The molecule has 0 fully saturated rings. The zero-order chi connectivity index (χ0) is 12.2. The zero-order valence-corrected chi connectivity index (χ0v) is 9.74. The van der Waals surface area contributed by atoms with Crippen molar-refractivity contribution >= 4 is 5.69 Å². The number of aromatic nitrogens is 4. The monoisotopic (exact) mass is 239 g/mol. The lowest BCUT2D eigenvalue weighted by molar-refractivity contribution is 0.880. The van der Waals surface area contributed by atoms with E-state index in [4.69, 9.17) is 0 Å². The van der Waals surface area contributed by atoms with Crippen LogP contribution in [0, 0.1) is 0 Å². The van der Waals surface area contributed by atoms with Gasteiger partial charge in [-0.1, -0.05) is 0 Å². The van der Waals surface area contributed by atoms with Crippen LogP contribution in [0.4, 0.5) is 5.69 Å². The fraction of sp³-hybridized carbons (Fsp3) is 0.0769. The van der Waals surface area contributed by atoms with Crippen molar-refractivity contribution in [3.8, 4) is 5.69 Å². The molecule has 2 aromatic heterocycles. The van der Waals surface area contributed by atoms with Crippen molar-refractivity contribution < 1.29 is 0 Å². The first kappa shape index (κ1) is 10.6. The molecule has 0 bridgehead atoms. The Hall–Kier alpha value is -2.56. The van der Waals surface area contributed by atoms with Crippen molar-refractivity contribution in [1.82, 2.24) is 19.7 Å². The Balaban J connectivity index is 1.68. The molecule has 5 nitrogen and oxygen atoms in total. The van der Waals surface area contributed by atoms with Gasteiger partial charge in [-0.15, -0.1) is 0 Å². The van der Waals surface area contributed by atoms with Gasteiger partial charge in [0.15, 0.2) is 0 Å². The molecule has 18 heavy (non-hydrogen) atoms. The second-order valence-electron chi connectivity index (χ2n) is 3.89. The van der Waals surface area contributed by atoms with Crippen LogP contribution >= 0.6 is 0 Å². The van der Waals surface area contributed by atoms with Crippen LogP contribution in [0.15, 0.2) is 55.1 Å². The highest BCUT2D eigenvalue weighted by atomic mass is 15.3. The molecule has 0 spiro atoms. The molecule has 0 radical (unpaired) electrons. The molecule has 3 aromatic rings. The highest BCUT2D eigenvalue weighted by Crippen LogP contribution is 2.12. The van der Waals surface area contributed by atoms with Gasteiger partial charge in [0.05, 0.1) is 12.2 Å². The average Bonchev–Trinajstić information content (AvgIpc) is 3.10. The van der Waals surface area contributed by atoms with Gasteiger partial charge in [-0.3, -0.25) is 0 Å². The number of aromatic amines is 1. The summed E-state index contributed by atoms with van der Waals surface area (Å²) in [6, 6.07) is 10.0. The SMILES string of the molecule is c1cnn(-c2ccc(NCc3ncc[nH]3)cc2)c1. The van der Waals surface area contributed by atoms with Gasteiger partial charge < -0.3 is 10.3 Å². The summed E-state index contributed by atoms with van der Waals surface area (Å²) in [5.74, 6) is 0.922. The number of rotatable bonds is 4. The molecule has 90 valence electrons. The maximum absolute atomic E-state index is 4.18. The summed E-state index contributed by atoms with van der Waals surface area (Å²) in [6.45, 7) is 0.689. The van der Waals surface area contributed by atoms with Crippen LogP contribution in [0.25, 0.3) is 5.69 Å². The molecule has 0 amide bonds. The third kappa shape index (κ3) is 2.24. The summed E-state index contributed by atoms with van der Waals surface area (Å²) < 4.78 is 1.83. The first-order chi connectivity index (χ1) is 8.92. The maximum Gasteiger partial charge on any atom is 0.125 e. The molecule has 0 aliphatic rings. The van der Waals surface area contributed by atoms with E-state index in [1.807, 2.05) is 47.4 Å². The van der Waals surface area contributed by atoms with Gasteiger partial charge in [0, 0.05) is 30.5 Å². The molecule has 0 aliphatic carbocycles. The first-order valence-corrected chi connectivity index (χ1v) is 5.74. The Labute approximate surface area is 104 Å². The Morgan fingerprint density at radius 1 is 1.17 bits per heavy atom. The fourth-order valence-electron chi connectivity index (χ4n) is 1.73. The van der Waals surface area contributed by atoms with E-state index in [0.717, 1.165) is 17.2 Å². The van der Waals surface area contributed by atoms with Crippen molar-refractivity contribution in [3.63, 3.8) is 0 Å². The lowest BCUT2D eigenvalue weighted by atomic mass is 10.3. The predicted octanol–water partition coefficient (Wildman–Crippen LogP) is 2.21. The molecule has 5 heteroatoms. The molecule has 0 atom stereocenters. The van der Waals surface area contributed by atoms with Gasteiger partial charge in [-0.05, 0) is 30.3 Å². The number of imidazole rings is 1. The van der Waals surface area contributed by atoms with Gasteiger partial charge in [-0.25, -0.2) is 9.67 Å². The standard InChI is InChI=1S/C13H13N5/c1-6-17-18(9-1)12-4-2-11(3-5-12)16-10-13-14-7-8-15-13/h1-9,16H,10H2,(H,14,15). The van der Waals surface area contributed by atoms with Crippen molar-refractivity contribution in [2.45, 2.75) is 6.54 Å². The fourth-order valence-corrected chi connectivity index (χ4v) is 1.73. The van der Waals surface area contributed by atoms with E-state index in [-0.39, 0.29) is 0 Å². The van der Waals surface area contributed by atoms with Crippen molar-refractivity contribution in [3.05, 3.63) is 60.9 Å². The number of H-pyrrole nitrogens is 1. The third-order valence-electron chi connectivity index (χ3n) is 2.65. The average molecular weight is 239 g/mol. The number of benzene rings is 1. The van der Waals surface area contributed by atoms with Crippen LogP contribution in [-0.4, -0.2) is 19.7 Å². The summed E-state index contributed by atoms with van der Waals surface area (Å²) in [6.07, 6.45) is 7.25. The van der Waals surface area contributed by atoms with Crippen LogP contribution < -0.4 is 5.32 Å². The van der Waals surface area contributed by atoms with Crippen LogP contribution in [0.3, 0.4) is 0 Å². The quantitative estimate of drug-likeness (QED) is 0.733. The van der Waals surface area contributed by atoms with E-state index in [1.165, 1.54) is 0 Å². The number of nitrogens with zero attached hydrogens (tertiary/aromatic N) is 3. The minimum absolute atomic E-state index is 0.689. The zero-order valence-electron chi connectivity index (χ0n) is 9.74. The molecule has 3 rings (SSSR count). The van der Waals surface area contributed by atoms with Gasteiger partial charge in [0.1, 0.15) is 5.82 Å². The van der Waals surface area contributed by atoms with Crippen LogP contribution in [-0.2, 0) is 6.54 Å². The van der Waals surface area contributed by atoms with Crippen molar-refractivity contribution in [2.75, 3.05) is 5.32 Å². The van der Waals surface area contributed by atoms with Crippen LogP contribution in [0.2, 0.25) is 0 Å². The summed E-state index contributed by atoms with van der Waals surface area (Å²) >= 11 is 0. The molecule has 1 aromatic carbocycles.